The van der Waals surface area contributed by atoms with Crippen molar-refractivity contribution in [3.05, 3.63) is 30.3 Å². The molecule has 2 heteroatoms. The van der Waals surface area contributed by atoms with Gasteiger partial charge in [0.05, 0.1) is 5.69 Å². The van der Waals surface area contributed by atoms with Crippen molar-refractivity contribution < 1.29 is 0 Å². The van der Waals surface area contributed by atoms with Crippen LogP contribution < -0.4 is 5.43 Å². The Labute approximate surface area is 73.3 Å². The second-order valence-corrected chi connectivity index (χ2v) is 2.58. The van der Waals surface area contributed by atoms with Crippen LogP contribution in [0.25, 0.3) is 0 Å². The average molecular weight is 162 g/mol. The maximum atomic E-state index is 4.06. The summed E-state index contributed by atoms with van der Waals surface area (Å²) in [7, 11) is 0. The largest absolute Gasteiger partial charge is 0.279 e. The van der Waals surface area contributed by atoms with E-state index in [4.69, 9.17) is 0 Å². The smallest absolute Gasteiger partial charge is 0.0561 e. The number of rotatable bonds is 4. The number of nitrogens with one attached hydrogen (secondary N) is 1. The topological polar surface area (TPSA) is 24.4 Å². The summed E-state index contributed by atoms with van der Waals surface area (Å²) in [5.41, 5.74) is 3.98. The summed E-state index contributed by atoms with van der Waals surface area (Å²) in [5.74, 6) is 0. The Morgan fingerprint density at radius 2 is 2.08 bits per heavy atom. The van der Waals surface area contributed by atoms with Crippen LogP contribution in [0.1, 0.15) is 19.8 Å². The Balaban J connectivity index is 2.33. The zero-order valence-corrected chi connectivity index (χ0v) is 7.33. The molecule has 0 aliphatic carbocycles. The van der Waals surface area contributed by atoms with Gasteiger partial charge in [-0.2, -0.15) is 5.10 Å². The van der Waals surface area contributed by atoms with Gasteiger partial charge in [-0.3, -0.25) is 5.43 Å². The van der Waals surface area contributed by atoms with Crippen LogP contribution in [0.2, 0.25) is 0 Å². The van der Waals surface area contributed by atoms with Gasteiger partial charge in [0, 0.05) is 6.21 Å². The van der Waals surface area contributed by atoms with E-state index >= 15 is 0 Å². The van der Waals surface area contributed by atoms with Crippen molar-refractivity contribution in [3.63, 3.8) is 0 Å². The Bertz CT molecular complexity index is 229. The molecule has 64 valence electrons. The molecular weight excluding hydrogens is 148 g/mol. The second kappa shape index (κ2) is 5.35. The van der Waals surface area contributed by atoms with Gasteiger partial charge in [-0.05, 0) is 18.6 Å². The van der Waals surface area contributed by atoms with E-state index in [-0.39, 0.29) is 0 Å². The van der Waals surface area contributed by atoms with Gasteiger partial charge in [-0.1, -0.05) is 31.5 Å². The number of para-hydroxylation sites is 1. The van der Waals surface area contributed by atoms with Gasteiger partial charge in [-0.25, -0.2) is 0 Å². The lowest BCUT2D eigenvalue weighted by molar-refractivity contribution is 1.00. The minimum absolute atomic E-state index is 1.03. The maximum absolute atomic E-state index is 4.06. The highest BCUT2D eigenvalue weighted by atomic mass is 15.3. The molecule has 1 N–H and O–H groups in total. The standard InChI is InChI=1S/C10H14N2/c1-2-3-9-11-12-10-7-5-4-6-8-10/h4-9,12H,2-3H2,1H3/b11-9+. The van der Waals surface area contributed by atoms with Crippen molar-refractivity contribution in [1.82, 2.24) is 0 Å². The van der Waals surface area contributed by atoms with Crippen molar-refractivity contribution in [3.8, 4) is 0 Å². The van der Waals surface area contributed by atoms with Crippen molar-refractivity contribution in [2.24, 2.45) is 5.10 Å². The summed E-state index contributed by atoms with van der Waals surface area (Å²) in [6.07, 6.45) is 4.06. The molecule has 1 aromatic carbocycles. The zero-order valence-electron chi connectivity index (χ0n) is 7.33. The molecule has 0 atom stereocenters. The minimum atomic E-state index is 1.03. The first-order valence-corrected chi connectivity index (χ1v) is 4.26. The van der Waals surface area contributed by atoms with E-state index in [1.807, 2.05) is 36.5 Å². The normalized spacial score (nSPS) is 10.4. The quantitative estimate of drug-likeness (QED) is 0.534. The van der Waals surface area contributed by atoms with E-state index in [2.05, 4.69) is 17.5 Å². The Morgan fingerprint density at radius 3 is 2.75 bits per heavy atom. The first kappa shape index (κ1) is 8.78. The Kier molecular flexibility index (Phi) is 3.92. The van der Waals surface area contributed by atoms with Crippen molar-refractivity contribution in [2.75, 3.05) is 5.43 Å². The van der Waals surface area contributed by atoms with Crippen molar-refractivity contribution in [1.29, 1.82) is 0 Å². The van der Waals surface area contributed by atoms with Crippen LogP contribution in [0.4, 0.5) is 5.69 Å². The van der Waals surface area contributed by atoms with E-state index in [0.717, 1.165) is 18.5 Å². The average Bonchev–Trinajstić information content (AvgIpc) is 2.14. The van der Waals surface area contributed by atoms with Crippen LogP contribution in [0.3, 0.4) is 0 Å². The molecule has 0 unspecified atom stereocenters. The minimum Gasteiger partial charge on any atom is -0.279 e. The molecule has 0 aliphatic rings. The first-order chi connectivity index (χ1) is 5.93. The van der Waals surface area contributed by atoms with Gasteiger partial charge < -0.3 is 0 Å². The Morgan fingerprint density at radius 1 is 1.33 bits per heavy atom. The molecule has 0 heterocycles. The molecule has 0 radical (unpaired) electrons. The summed E-state index contributed by atoms with van der Waals surface area (Å²) in [6, 6.07) is 9.93. The predicted octanol–water partition coefficient (Wildman–Crippen LogP) is 2.88. The number of hydrogen-bond donors (Lipinski definition) is 1. The van der Waals surface area contributed by atoms with Gasteiger partial charge in [0.1, 0.15) is 0 Å². The lowest BCUT2D eigenvalue weighted by atomic mass is 10.3. The van der Waals surface area contributed by atoms with E-state index < -0.39 is 0 Å². The third kappa shape index (κ3) is 3.19. The summed E-state index contributed by atoms with van der Waals surface area (Å²) in [6.45, 7) is 2.13. The molecule has 2 nitrogen and oxygen atoms in total. The van der Waals surface area contributed by atoms with Crippen LogP contribution in [-0.2, 0) is 0 Å². The summed E-state index contributed by atoms with van der Waals surface area (Å²) in [5, 5.41) is 4.06. The van der Waals surface area contributed by atoms with Crippen molar-refractivity contribution in [2.45, 2.75) is 19.8 Å². The molecule has 0 aliphatic heterocycles. The second-order valence-electron chi connectivity index (χ2n) is 2.58. The SMILES string of the molecule is CCC/C=N/Nc1ccccc1. The highest BCUT2D eigenvalue weighted by molar-refractivity contribution is 5.59. The molecule has 0 saturated carbocycles. The maximum Gasteiger partial charge on any atom is 0.0561 e. The molecule has 0 saturated heterocycles. The molecular formula is C10H14N2. The molecule has 0 amide bonds. The monoisotopic (exact) mass is 162 g/mol. The number of anilines is 1. The van der Waals surface area contributed by atoms with Gasteiger partial charge in [0.15, 0.2) is 0 Å². The van der Waals surface area contributed by atoms with Crippen LogP contribution in [0, 0.1) is 0 Å². The fraction of sp³-hybridized carbons (Fsp3) is 0.300. The number of nitrogens with zero attached hydrogens (tertiary/aromatic N) is 1. The molecule has 0 spiro atoms. The fourth-order valence-electron chi connectivity index (χ4n) is 0.827. The van der Waals surface area contributed by atoms with E-state index in [9.17, 15) is 0 Å². The summed E-state index contributed by atoms with van der Waals surface area (Å²) < 4.78 is 0. The van der Waals surface area contributed by atoms with E-state index in [1.165, 1.54) is 0 Å². The highest BCUT2D eigenvalue weighted by Gasteiger charge is 1.82. The van der Waals surface area contributed by atoms with E-state index in [1.54, 1.807) is 0 Å². The number of benzene rings is 1. The molecule has 0 aromatic heterocycles. The zero-order chi connectivity index (χ0) is 8.65. The third-order valence-electron chi connectivity index (χ3n) is 1.48. The lowest BCUT2D eigenvalue weighted by Crippen LogP contribution is -1.87. The number of hydrazone groups is 1. The van der Waals surface area contributed by atoms with Gasteiger partial charge in [0.25, 0.3) is 0 Å². The van der Waals surface area contributed by atoms with E-state index in [0.29, 0.717) is 0 Å². The van der Waals surface area contributed by atoms with Crippen LogP contribution >= 0.6 is 0 Å². The molecule has 12 heavy (non-hydrogen) atoms. The first-order valence-electron chi connectivity index (χ1n) is 4.26. The van der Waals surface area contributed by atoms with Crippen molar-refractivity contribution >= 4 is 11.9 Å². The number of unbranched alkanes of at least 4 members (excludes halogenated alkanes) is 1. The van der Waals surface area contributed by atoms with Gasteiger partial charge in [-0.15, -0.1) is 0 Å². The summed E-state index contributed by atoms with van der Waals surface area (Å²) in [4.78, 5) is 0. The van der Waals surface area contributed by atoms with Crippen LogP contribution in [0.5, 0.6) is 0 Å². The highest BCUT2D eigenvalue weighted by Crippen LogP contribution is 2.03. The Hall–Kier alpha value is -1.31. The van der Waals surface area contributed by atoms with Crippen LogP contribution in [0.15, 0.2) is 35.4 Å². The van der Waals surface area contributed by atoms with Gasteiger partial charge in [0.2, 0.25) is 0 Å². The van der Waals surface area contributed by atoms with Gasteiger partial charge >= 0.3 is 0 Å². The predicted molar refractivity (Wildman–Crippen MR) is 53.5 cm³/mol. The molecule has 0 fully saturated rings. The molecule has 0 bridgehead atoms. The molecule has 1 aromatic rings. The number of hydrogen-bond acceptors (Lipinski definition) is 2. The lowest BCUT2D eigenvalue weighted by Gasteiger charge is -1.97. The fourth-order valence-corrected chi connectivity index (χ4v) is 0.827. The molecule has 1 rings (SSSR count). The van der Waals surface area contributed by atoms with Crippen LogP contribution in [-0.4, -0.2) is 6.21 Å². The summed E-state index contributed by atoms with van der Waals surface area (Å²) >= 11 is 0. The third-order valence-corrected chi connectivity index (χ3v) is 1.48.